The number of carbonyl (C=O) groups is 3. The van der Waals surface area contributed by atoms with E-state index in [0.717, 1.165) is 16.8 Å². The average molecular weight is 357 g/mol. The Balaban J connectivity index is 1.61. The van der Waals surface area contributed by atoms with Crippen molar-refractivity contribution in [3.63, 3.8) is 0 Å². The number of hydrogen-bond donors (Lipinski definition) is 2. The number of hydrogen-bond acceptors (Lipinski definition) is 6. The highest BCUT2D eigenvalue weighted by Crippen LogP contribution is 2.31. The molecule has 1 aromatic carbocycles. The summed E-state index contributed by atoms with van der Waals surface area (Å²) in [5.41, 5.74) is 3.04. The van der Waals surface area contributed by atoms with Crippen LogP contribution in [0, 0.1) is 0 Å². The molecule has 3 amide bonds. The van der Waals surface area contributed by atoms with Crippen LogP contribution in [0.4, 0.5) is 0 Å². The monoisotopic (exact) mass is 357 g/mol. The molecule has 1 unspecified atom stereocenters. The number of rotatable bonds is 3. The molecule has 7 nitrogen and oxygen atoms in total. The lowest BCUT2D eigenvalue weighted by molar-refractivity contribution is -0.136. The molecule has 25 heavy (non-hydrogen) atoms. The first-order valence-electron chi connectivity index (χ1n) is 7.90. The molecule has 2 aromatic rings. The van der Waals surface area contributed by atoms with E-state index in [1.807, 2.05) is 17.5 Å². The number of imide groups is 1. The van der Waals surface area contributed by atoms with Gasteiger partial charge in [-0.1, -0.05) is 6.07 Å². The van der Waals surface area contributed by atoms with Gasteiger partial charge >= 0.3 is 0 Å². The number of aromatic nitrogens is 1. The number of thiazole rings is 1. The van der Waals surface area contributed by atoms with Crippen molar-refractivity contribution in [3.05, 3.63) is 39.7 Å². The lowest BCUT2D eigenvalue weighted by Gasteiger charge is -2.29. The summed E-state index contributed by atoms with van der Waals surface area (Å²) >= 11 is 1.38. The Hall–Kier alpha value is -2.58. The van der Waals surface area contributed by atoms with E-state index in [-0.39, 0.29) is 24.8 Å². The molecule has 1 saturated heterocycles. The van der Waals surface area contributed by atoms with E-state index in [9.17, 15) is 14.4 Å². The van der Waals surface area contributed by atoms with Crippen molar-refractivity contribution in [2.24, 2.45) is 0 Å². The highest BCUT2D eigenvalue weighted by Gasteiger charge is 2.39. The van der Waals surface area contributed by atoms with Crippen LogP contribution in [0.25, 0.3) is 11.3 Å². The Morgan fingerprint density at radius 2 is 2.16 bits per heavy atom. The first kappa shape index (κ1) is 15.9. The Morgan fingerprint density at radius 3 is 2.88 bits per heavy atom. The van der Waals surface area contributed by atoms with Crippen LogP contribution in [0.5, 0.6) is 0 Å². The van der Waals surface area contributed by atoms with Crippen molar-refractivity contribution >= 4 is 29.1 Å². The predicted molar refractivity (Wildman–Crippen MR) is 89.5 cm³/mol. The van der Waals surface area contributed by atoms with Crippen LogP contribution in [0.15, 0.2) is 23.6 Å². The lowest BCUT2D eigenvalue weighted by atomic mass is 10.0. The van der Waals surface area contributed by atoms with Crippen LogP contribution in [0.2, 0.25) is 0 Å². The summed E-state index contributed by atoms with van der Waals surface area (Å²) in [4.78, 5) is 41.9. The SMILES string of the molecule is O=C1CCC(N2Cc3cc(-c4csc(CO)n4)ccc3C2=O)C(=O)N1. The summed E-state index contributed by atoms with van der Waals surface area (Å²) in [5.74, 6) is -0.897. The van der Waals surface area contributed by atoms with E-state index in [2.05, 4.69) is 10.3 Å². The predicted octanol–water partition coefficient (Wildman–Crippen LogP) is 1.06. The third kappa shape index (κ3) is 2.73. The topological polar surface area (TPSA) is 99.6 Å². The second-order valence-corrected chi connectivity index (χ2v) is 7.00. The second-order valence-electron chi connectivity index (χ2n) is 6.06. The van der Waals surface area contributed by atoms with Gasteiger partial charge in [0.05, 0.1) is 12.3 Å². The maximum absolute atomic E-state index is 12.6. The molecule has 0 aliphatic carbocycles. The molecule has 4 rings (SSSR count). The van der Waals surface area contributed by atoms with E-state index in [0.29, 0.717) is 23.5 Å². The first-order valence-corrected chi connectivity index (χ1v) is 8.78. The van der Waals surface area contributed by atoms with Gasteiger partial charge in [0.2, 0.25) is 11.8 Å². The van der Waals surface area contributed by atoms with Gasteiger partial charge in [0.1, 0.15) is 11.0 Å². The second kappa shape index (κ2) is 6.05. The van der Waals surface area contributed by atoms with Gasteiger partial charge in [0.15, 0.2) is 0 Å². The fourth-order valence-corrected chi connectivity index (χ4v) is 3.91. The standard InChI is InChI=1S/C17H15N3O4S/c21-7-15-18-12(8-25-15)9-1-2-11-10(5-9)6-20(17(11)24)13-3-4-14(22)19-16(13)23/h1-2,5,8,13,21H,3-4,6-7H2,(H,19,22,23). The third-order valence-corrected chi connectivity index (χ3v) is 5.34. The van der Waals surface area contributed by atoms with Gasteiger partial charge in [-0.3, -0.25) is 19.7 Å². The molecular weight excluding hydrogens is 342 g/mol. The van der Waals surface area contributed by atoms with E-state index < -0.39 is 11.9 Å². The molecule has 0 bridgehead atoms. The van der Waals surface area contributed by atoms with Gasteiger partial charge in [-0.2, -0.15) is 0 Å². The summed E-state index contributed by atoms with van der Waals surface area (Å²) in [7, 11) is 0. The van der Waals surface area contributed by atoms with Gasteiger partial charge < -0.3 is 10.0 Å². The van der Waals surface area contributed by atoms with E-state index >= 15 is 0 Å². The number of nitrogens with zero attached hydrogens (tertiary/aromatic N) is 2. The fourth-order valence-electron chi connectivity index (χ4n) is 3.25. The van der Waals surface area contributed by atoms with Crippen LogP contribution in [-0.2, 0) is 22.7 Å². The van der Waals surface area contributed by atoms with Gasteiger partial charge in [0.25, 0.3) is 5.91 Å². The summed E-state index contributed by atoms with van der Waals surface area (Å²) < 4.78 is 0. The molecule has 2 N–H and O–H groups in total. The highest BCUT2D eigenvalue weighted by molar-refractivity contribution is 7.09. The van der Waals surface area contributed by atoms with Gasteiger partial charge in [-0.05, 0) is 24.1 Å². The summed E-state index contributed by atoms with van der Waals surface area (Å²) in [6, 6.07) is 4.86. The number of fused-ring (bicyclic) bond motifs is 1. The van der Waals surface area contributed by atoms with Gasteiger partial charge in [-0.25, -0.2) is 4.98 Å². The molecule has 1 aromatic heterocycles. The number of amides is 3. The van der Waals surface area contributed by atoms with Crippen molar-refractivity contribution in [2.45, 2.75) is 32.0 Å². The zero-order valence-corrected chi connectivity index (χ0v) is 14.0. The smallest absolute Gasteiger partial charge is 0.255 e. The number of piperidine rings is 1. The van der Waals surface area contributed by atoms with Crippen LogP contribution in [0.3, 0.4) is 0 Å². The molecule has 1 atom stereocenters. The lowest BCUT2D eigenvalue weighted by Crippen LogP contribution is -2.52. The van der Waals surface area contributed by atoms with Crippen LogP contribution in [0.1, 0.15) is 33.8 Å². The van der Waals surface area contributed by atoms with Crippen LogP contribution < -0.4 is 5.32 Å². The van der Waals surface area contributed by atoms with Gasteiger partial charge in [-0.15, -0.1) is 11.3 Å². The van der Waals surface area contributed by atoms with Crippen molar-refractivity contribution in [2.75, 3.05) is 0 Å². The fraction of sp³-hybridized carbons (Fsp3) is 0.294. The Labute approximate surface area is 147 Å². The minimum atomic E-state index is -0.610. The van der Waals surface area contributed by atoms with Crippen LogP contribution >= 0.6 is 11.3 Å². The number of nitrogens with one attached hydrogen (secondary N) is 1. The summed E-state index contributed by atoms with van der Waals surface area (Å²) in [6.07, 6.45) is 0.591. The third-order valence-electron chi connectivity index (χ3n) is 4.51. The average Bonchev–Trinajstić information content (AvgIpc) is 3.20. The minimum absolute atomic E-state index is 0.0998. The van der Waals surface area contributed by atoms with E-state index in [1.165, 1.54) is 16.2 Å². The number of aliphatic hydroxyl groups is 1. The molecule has 0 spiro atoms. The maximum atomic E-state index is 12.6. The largest absolute Gasteiger partial charge is 0.389 e. The number of carbonyl (C=O) groups excluding carboxylic acids is 3. The zero-order chi connectivity index (χ0) is 17.6. The van der Waals surface area contributed by atoms with Crippen molar-refractivity contribution < 1.29 is 19.5 Å². The van der Waals surface area contributed by atoms with E-state index in [1.54, 1.807) is 6.07 Å². The Bertz CT molecular complexity index is 892. The first-order chi connectivity index (χ1) is 12.1. The molecule has 2 aliphatic heterocycles. The van der Waals surface area contributed by atoms with Crippen molar-refractivity contribution in [1.29, 1.82) is 0 Å². The minimum Gasteiger partial charge on any atom is -0.389 e. The summed E-state index contributed by atoms with van der Waals surface area (Å²) in [5, 5.41) is 13.9. The molecule has 3 heterocycles. The van der Waals surface area contributed by atoms with Crippen LogP contribution in [-0.4, -0.2) is 38.8 Å². The van der Waals surface area contributed by atoms with Gasteiger partial charge in [0, 0.05) is 29.5 Å². The van der Waals surface area contributed by atoms with Crippen molar-refractivity contribution in [3.8, 4) is 11.3 Å². The van der Waals surface area contributed by atoms with Crippen molar-refractivity contribution in [1.82, 2.24) is 15.2 Å². The molecule has 128 valence electrons. The molecule has 1 fully saturated rings. The molecule has 8 heteroatoms. The number of benzene rings is 1. The number of aliphatic hydroxyl groups excluding tert-OH is 1. The zero-order valence-electron chi connectivity index (χ0n) is 13.2. The highest BCUT2D eigenvalue weighted by atomic mass is 32.1. The molecule has 0 saturated carbocycles. The molecular formula is C17H15N3O4S. The summed E-state index contributed by atoms with van der Waals surface area (Å²) in [6.45, 7) is 0.239. The molecule has 0 radical (unpaired) electrons. The molecule has 2 aliphatic rings. The van der Waals surface area contributed by atoms with E-state index in [4.69, 9.17) is 5.11 Å². The quantitative estimate of drug-likeness (QED) is 0.801. The Morgan fingerprint density at radius 1 is 1.32 bits per heavy atom. The Kier molecular flexibility index (Phi) is 3.85. The normalized spacial score (nSPS) is 20.0. The maximum Gasteiger partial charge on any atom is 0.255 e.